The minimum absolute atomic E-state index is 0.140. The van der Waals surface area contributed by atoms with Crippen LogP contribution in [0.4, 0.5) is 11.4 Å². The highest BCUT2D eigenvalue weighted by Crippen LogP contribution is 2.30. The summed E-state index contributed by atoms with van der Waals surface area (Å²) in [6.07, 6.45) is 0. The average molecular weight is 188 g/mol. The van der Waals surface area contributed by atoms with Crippen LogP contribution in [-0.2, 0) is 4.57 Å². The Bertz CT molecular complexity index is 316. The molecule has 0 spiro atoms. The molecule has 0 aliphatic heterocycles. The minimum atomic E-state index is -3.01. The van der Waals surface area contributed by atoms with E-state index in [4.69, 9.17) is 16.4 Å². The van der Waals surface area contributed by atoms with Crippen molar-refractivity contribution in [3.8, 4) is 5.75 Å². The summed E-state index contributed by atoms with van der Waals surface area (Å²) in [5.74, 6) is 0.140. The normalized spacial score (nSPS) is 12.4. The topological polar surface area (TPSA) is 98.6 Å². The molecular weight excluding hydrogens is 179 g/mol. The standard InChI is InChI=1S/C6H9N2O3P/c7-4-1-2-5(8)6(3-4)11-12(9)10/h1-3,12H,7-8H2,(H,9,10). The predicted octanol–water partition coefficient (Wildman–Crippen LogP) is 0.612. The van der Waals surface area contributed by atoms with Gasteiger partial charge in [-0.2, -0.15) is 0 Å². The molecule has 0 radical (unpaired) electrons. The molecule has 6 heteroatoms. The van der Waals surface area contributed by atoms with Gasteiger partial charge in [-0.15, -0.1) is 0 Å². The molecule has 0 aliphatic carbocycles. The molecule has 12 heavy (non-hydrogen) atoms. The number of hydrogen-bond donors (Lipinski definition) is 3. The summed E-state index contributed by atoms with van der Waals surface area (Å²) in [5, 5.41) is 0. The van der Waals surface area contributed by atoms with Crippen LogP contribution in [0.1, 0.15) is 0 Å². The molecule has 1 rings (SSSR count). The molecule has 1 unspecified atom stereocenters. The molecule has 0 heterocycles. The van der Waals surface area contributed by atoms with Crippen molar-refractivity contribution in [2.75, 3.05) is 11.5 Å². The maximum Gasteiger partial charge on any atom is 0.365 e. The van der Waals surface area contributed by atoms with Crippen molar-refractivity contribution in [1.82, 2.24) is 0 Å². The van der Waals surface area contributed by atoms with Gasteiger partial charge in [-0.05, 0) is 12.1 Å². The minimum Gasteiger partial charge on any atom is -0.424 e. The molecule has 0 saturated heterocycles. The van der Waals surface area contributed by atoms with Crippen LogP contribution < -0.4 is 16.0 Å². The van der Waals surface area contributed by atoms with Crippen LogP contribution >= 0.6 is 8.25 Å². The van der Waals surface area contributed by atoms with Gasteiger partial charge in [0.05, 0.1) is 5.69 Å². The molecule has 1 aromatic rings. The number of hydrogen-bond acceptors (Lipinski definition) is 4. The molecule has 1 aromatic carbocycles. The molecule has 66 valence electrons. The molecular formula is C6H9N2O3P. The fourth-order valence-electron chi connectivity index (χ4n) is 0.733. The molecule has 0 fully saturated rings. The largest absolute Gasteiger partial charge is 0.424 e. The third kappa shape index (κ3) is 2.15. The average Bonchev–Trinajstić information content (AvgIpc) is 1.96. The van der Waals surface area contributed by atoms with Crippen molar-refractivity contribution in [2.24, 2.45) is 0 Å². The Hall–Kier alpha value is -1.19. The maximum atomic E-state index is 10.3. The number of nitrogen functional groups attached to an aromatic ring is 2. The third-order valence-corrected chi connectivity index (χ3v) is 1.63. The Labute approximate surface area is 69.9 Å². The van der Waals surface area contributed by atoms with Gasteiger partial charge in [-0.1, -0.05) is 0 Å². The van der Waals surface area contributed by atoms with E-state index in [1.54, 1.807) is 6.07 Å². The molecule has 5 N–H and O–H groups in total. The Kier molecular flexibility index (Phi) is 2.58. The van der Waals surface area contributed by atoms with E-state index in [9.17, 15) is 4.57 Å². The number of benzene rings is 1. The second-order valence-corrected chi connectivity index (χ2v) is 2.90. The van der Waals surface area contributed by atoms with Crippen molar-refractivity contribution in [2.45, 2.75) is 0 Å². The van der Waals surface area contributed by atoms with E-state index in [0.717, 1.165) is 0 Å². The van der Waals surface area contributed by atoms with E-state index in [-0.39, 0.29) is 11.4 Å². The van der Waals surface area contributed by atoms with Crippen molar-refractivity contribution in [1.29, 1.82) is 0 Å². The molecule has 0 aliphatic rings. The van der Waals surface area contributed by atoms with E-state index >= 15 is 0 Å². The van der Waals surface area contributed by atoms with E-state index in [2.05, 4.69) is 4.52 Å². The van der Waals surface area contributed by atoms with Gasteiger partial charge in [0.25, 0.3) is 0 Å². The quantitative estimate of drug-likeness (QED) is 0.466. The summed E-state index contributed by atoms with van der Waals surface area (Å²) < 4.78 is 14.8. The smallest absolute Gasteiger partial charge is 0.365 e. The second-order valence-electron chi connectivity index (χ2n) is 2.17. The van der Waals surface area contributed by atoms with Crippen LogP contribution in [0.5, 0.6) is 5.75 Å². The first kappa shape index (κ1) is 8.90. The Balaban J connectivity index is 2.97. The summed E-state index contributed by atoms with van der Waals surface area (Å²) in [6, 6.07) is 4.49. The van der Waals surface area contributed by atoms with Crippen LogP contribution in [0.15, 0.2) is 18.2 Å². The van der Waals surface area contributed by atoms with Gasteiger partial charge in [0.2, 0.25) is 0 Å². The summed E-state index contributed by atoms with van der Waals surface area (Å²) in [4.78, 5) is 8.45. The lowest BCUT2D eigenvalue weighted by atomic mass is 10.3. The van der Waals surface area contributed by atoms with E-state index in [1.165, 1.54) is 12.1 Å². The lowest BCUT2D eigenvalue weighted by Crippen LogP contribution is -1.92. The SMILES string of the molecule is Nc1ccc(N)c(O[PH](=O)O)c1. The Morgan fingerprint density at radius 2 is 2.08 bits per heavy atom. The van der Waals surface area contributed by atoms with Gasteiger partial charge in [-0.3, -0.25) is 0 Å². The van der Waals surface area contributed by atoms with Gasteiger partial charge in [-0.25, -0.2) is 4.57 Å². The first-order valence-corrected chi connectivity index (χ1v) is 4.42. The monoisotopic (exact) mass is 188 g/mol. The van der Waals surface area contributed by atoms with Crippen LogP contribution in [-0.4, -0.2) is 4.89 Å². The Morgan fingerprint density at radius 3 is 2.67 bits per heavy atom. The zero-order valence-corrected chi connectivity index (χ0v) is 7.15. The molecule has 0 amide bonds. The van der Waals surface area contributed by atoms with E-state index in [0.29, 0.717) is 5.69 Å². The molecule has 0 bridgehead atoms. The van der Waals surface area contributed by atoms with Crippen LogP contribution in [0.2, 0.25) is 0 Å². The first-order chi connectivity index (χ1) is 5.59. The van der Waals surface area contributed by atoms with Crippen molar-refractivity contribution >= 4 is 19.6 Å². The maximum absolute atomic E-state index is 10.3. The fraction of sp³-hybridized carbons (Fsp3) is 0. The van der Waals surface area contributed by atoms with Gasteiger partial charge in [0.1, 0.15) is 0 Å². The number of nitrogens with two attached hydrogens (primary N) is 2. The summed E-state index contributed by atoms with van der Waals surface area (Å²) in [6.45, 7) is 0. The van der Waals surface area contributed by atoms with Gasteiger partial charge >= 0.3 is 8.25 Å². The van der Waals surface area contributed by atoms with Crippen LogP contribution in [0.3, 0.4) is 0 Å². The van der Waals surface area contributed by atoms with Crippen LogP contribution in [0.25, 0.3) is 0 Å². The highest BCUT2D eigenvalue weighted by atomic mass is 31.1. The first-order valence-electron chi connectivity index (χ1n) is 3.15. The van der Waals surface area contributed by atoms with Gasteiger partial charge < -0.3 is 20.9 Å². The van der Waals surface area contributed by atoms with Crippen molar-refractivity contribution in [3.63, 3.8) is 0 Å². The lowest BCUT2D eigenvalue weighted by molar-refractivity contribution is 0.411. The molecule has 5 nitrogen and oxygen atoms in total. The zero-order valence-electron chi connectivity index (χ0n) is 6.15. The zero-order chi connectivity index (χ0) is 9.14. The predicted molar refractivity (Wildman–Crippen MR) is 47.1 cm³/mol. The summed E-state index contributed by atoms with van der Waals surface area (Å²) in [5.41, 5.74) is 11.5. The van der Waals surface area contributed by atoms with Gasteiger partial charge in [0.15, 0.2) is 5.75 Å². The van der Waals surface area contributed by atoms with Crippen LogP contribution in [0, 0.1) is 0 Å². The lowest BCUT2D eigenvalue weighted by Gasteiger charge is -2.05. The number of anilines is 2. The van der Waals surface area contributed by atoms with Crippen molar-refractivity contribution < 1.29 is 14.0 Å². The fourth-order valence-corrected chi connectivity index (χ4v) is 1.10. The molecule has 0 saturated carbocycles. The number of rotatable bonds is 2. The summed E-state index contributed by atoms with van der Waals surface area (Å²) in [7, 11) is -3.01. The molecule has 0 aromatic heterocycles. The highest BCUT2D eigenvalue weighted by Gasteiger charge is 2.02. The van der Waals surface area contributed by atoms with E-state index in [1.807, 2.05) is 0 Å². The third-order valence-electron chi connectivity index (χ3n) is 1.23. The summed E-state index contributed by atoms with van der Waals surface area (Å²) >= 11 is 0. The second kappa shape index (κ2) is 3.47. The highest BCUT2D eigenvalue weighted by molar-refractivity contribution is 7.32. The Morgan fingerprint density at radius 1 is 1.42 bits per heavy atom. The van der Waals surface area contributed by atoms with Gasteiger partial charge in [0, 0.05) is 11.8 Å². The van der Waals surface area contributed by atoms with E-state index < -0.39 is 8.25 Å². The molecule has 1 atom stereocenters. The van der Waals surface area contributed by atoms with Crippen molar-refractivity contribution in [3.05, 3.63) is 18.2 Å².